The highest BCUT2D eigenvalue weighted by Gasteiger charge is 2.24. The maximum atomic E-state index is 14.2. The van der Waals surface area contributed by atoms with Gasteiger partial charge >= 0.3 is 10.5 Å². The van der Waals surface area contributed by atoms with Gasteiger partial charge in [-0.25, -0.2) is 0 Å². The molecule has 1 aliphatic heterocycles. The lowest BCUT2D eigenvalue weighted by Crippen LogP contribution is -2.30. The van der Waals surface area contributed by atoms with Crippen molar-refractivity contribution in [3.63, 3.8) is 0 Å². The molecule has 0 bridgehead atoms. The summed E-state index contributed by atoms with van der Waals surface area (Å²) in [5.74, 6) is 0.139. The van der Waals surface area contributed by atoms with Gasteiger partial charge in [0.1, 0.15) is 11.4 Å². The van der Waals surface area contributed by atoms with Gasteiger partial charge in [0.2, 0.25) is 0 Å². The van der Waals surface area contributed by atoms with Crippen LogP contribution >= 0.6 is 0 Å². The van der Waals surface area contributed by atoms with Crippen LogP contribution in [0.15, 0.2) is 59.4 Å². The quantitative estimate of drug-likeness (QED) is 0.245. The van der Waals surface area contributed by atoms with Crippen molar-refractivity contribution in [2.75, 3.05) is 13.1 Å². The Hall–Kier alpha value is -4.20. The average molecular weight is 573 g/mol. The van der Waals surface area contributed by atoms with Gasteiger partial charge in [-0.3, -0.25) is 4.79 Å². The van der Waals surface area contributed by atoms with E-state index < -0.39 is 10.5 Å². The molecule has 0 radical (unpaired) electrons. The van der Waals surface area contributed by atoms with E-state index in [-0.39, 0.29) is 23.1 Å². The number of nitrogens with one attached hydrogen (secondary N) is 2. The Bertz CT molecular complexity index is 2030. The number of rotatable bonds is 6. The van der Waals surface area contributed by atoms with Crippen molar-refractivity contribution in [3.05, 3.63) is 75.9 Å². The number of aromatic amines is 1. The van der Waals surface area contributed by atoms with Crippen LogP contribution in [0.1, 0.15) is 43.9 Å². The highest BCUT2D eigenvalue weighted by atomic mass is 32.3. The van der Waals surface area contributed by atoms with Gasteiger partial charge in [0.15, 0.2) is 5.43 Å². The van der Waals surface area contributed by atoms with Crippen LogP contribution in [0, 0.1) is 17.2 Å². The smallest absolute Gasteiger partial charge is 0.358 e. The van der Waals surface area contributed by atoms with E-state index in [2.05, 4.69) is 39.0 Å². The number of hydrogen-bond donors (Lipinski definition) is 2. The number of H-pyrrole nitrogens is 1. The molecule has 1 saturated heterocycles. The topological polar surface area (TPSA) is 117 Å². The molecular weight excluding hydrogens is 543 g/mol. The van der Waals surface area contributed by atoms with Crippen LogP contribution in [0.2, 0.25) is 0 Å². The zero-order chi connectivity index (χ0) is 28.9. The predicted octanol–water partition coefficient (Wildman–Crippen LogP) is 5.89. The molecule has 0 unspecified atom stereocenters. The molecule has 8 nitrogen and oxygen atoms in total. The number of fused-ring (bicyclic) bond motifs is 4. The Morgan fingerprint density at radius 3 is 2.59 bits per heavy atom. The third-order valence-corrected chi connectivity index (χ3v) is 8.14. The Balaban J connectivity index is 1.70. The lowest BCUT2D eigenvalue weighted by Gasteiger charge is -2.28. The molecule has 10 heteroatoms. The molecule has 0 spiro atoms. The molecule has 1 aliphatic rings. The van der Waals surface area contributed by atoms with E-state index in [9.17, 15) is 22.4 Å². The van der Waals surface area contributed by atoms with Gasteiger partial charge in [0.25, 0.3) is 0 Å². The number of hydrogen-bond acceptors (Lipinski definition) is 6. The lowest BCUT2D eigenvalue weighted by molar-refractivity contribution is 0.381. The second kappa shape index (κ2) is 10.3. The highest BCUT2D eigenvalue weighted by molar-refractivity contribution is 7.81. The van der Waals surface area contributed by atoms with Gasteiger partial charge in [-0.05, 0) is 91.4 Å². The third kappa shape index (κ3) is 5.07. The molecule has 5 aromatic rings. The maximum Gasteiger partial charge on any atom is 0.488 e. The largest absolute Gasteiger partial charge is 0.488 e. The number of aromatic nitrogens is 2. The van der Waals surface area contributed by atoms with Crippen LogP contribution in [0.5, 0.6) is 5.75 Å². The summed E-state index contributed by atoms with van der Waals surface area (Å²) in [6, 6.07) is 17.9. The molecule has 41 heavy (non-hydrogen) atoms. The Labute approximate surface area is 236 Å². The van der Waals surface area contributed by atoms with Crippen molar-refractivity contribution in [1.82, 2.24) is 14.9 Å². The fourth-order valence-electron chi connectivity index (χ4n) is 6.08. The summed E-state index contributed by atoms with van der Waals surface area (Å²) in [5.41, 5.74) is 5.01. The maximum absolute atomic E-state index is 14.2. The summed E-state index contributed by atoms with van der Waals surface area (Å²) >= 11 is 0. The van der Waals surface area contributed by atoms with Crippen molar-refractivity contribution in [1.29, 1.82) is 5.26 Å². The molecule has 2 N–H and O–H groups in total. The molecular formula is C31H29FN4O4S. The van der Waals surface area contributed by atoms with E-state index in [1.54, 1.807) is 18.2 Å². The fraction of sp³-hybridized carbons (Fsp3) is 0.290. The summed E-state index contributed by atoms with van der Waals surface area (Å²) in [4.78, 5) is 17.7. The second-order valence-electron chi connectivity index (χ2n) is 11.0. The van der Waals surface area contributed by atoms with Gasteiger partial charge in [-0.1, -0.05) is 35.9 Å². The van der Waals surface area contributed by atoms with Gasteiger partial charge in [0, 0.05) is 22.3 Å². The Kier molecular flexibility index (Phi) is 6.80. The van der Waals surface area contributed by atoms with Gasteiger partial charge < -0.3 is 19.1 Å². The van der Waals surface area contributed by atoms with Crippen molar-refractivity contribution >= 4 is 43.3 Å². The molecule has 210 valence electrons. The summed E-state index contributed by atoms with van der Waals surface area (Å²) in [6.07, 6.45) is 2.40. The van der Waals surface area contributed by atoms with Crippen LogP contribution in [0.4, 0.5) is 3.89 Å². The van der Waals surface area contributed by atoms with Crippen LogP contribution in [-0.4, -0.2) is 31.1 Å². The van der Waals surface area contributed by atoms with Gasteiger partial charge in [-0.2, -0.15) is 13.7 Å². The van der Waals surface area contributed by atoms with E-state index in [0.717, 1.165) is 53.5 Å². The minimum absolute atomic E-state index is 0.0895. The monoisotopic (exact) mass is 572 g/mol. The molecule has 0 amide bonds. The molecule has 3 aromatic carbocycles. The molecule has 6 rings (SSSR count). The van der Waals surface area contributed by atoms with Crippen molar-refractivity contribution in [2.45, 2.75) is 39.2 Å². The van der Waals surface area contributed by atoms with Crippen LogP contribution < -0.4 is 14.9 Å². The number of halogens is 1. The minimum Gasteiger partial charge on any atom is -0.358 e. The van der Waals surface area contributed by atoms with E-state index in [1.807, 2.05) is 24.3 Å². The van der Waals surface area contributed by atoms with Crippen molar-refractivity contribution in [3.8, 4) is 22.9 Å². The van der Waals surface area contributed by atoms with Gasteiger partial charge in [0.05, 0.1) is 22.5 Å². The number of benzene rings is 3. The van der Waals surface area contributed by atoms with Gasteiger partial charge in [-0.15, -0.1) is 0 Å². The molecule has 3 heterocycles. The number of nitriles is 1. The first-order valence-corrected chi connectivity index (χ1v) is 15.0. The standard InChI is InChI=1S/C31H29FN4O4S/c1-18(2)12-21-15-26-28(16-25(21)20-4-3-5-23(14-20)40-41(32,38)39)36(22-8-10-34-11-9-22)31-29(30(26)37)24-7-6-19(17-33)13-27(24)35-31/h3-7,13-16,18,22,34-35H,8-12H2,1-2H3. The lowest BCUT2D eigenvalue weighted by atomic mass is 9.91. The number of piperidine rings is 1. The van der Waals surface area contributed by atoms with E-state index >= 15 is 0 Å². The SMILES string of the molecule is CC(C)Cc1cc2c(=O)c3c4ccc(C#N)cc4[nH]c3n(C3CCNCC3)c2cc1-c1cccc(OS(=O)(=O)F)c1. The first-order valence-electron chi connectivity index (χ1n) is 13.6. The molecule has 2 aromatic heterocycles. The van der Waals surface area contributed by atoms with E-state index in [1.165, 1.54) is 12.1 Å². The van der Waals surface area contributed by atoms with Crippen LogP contribution in [0.3, 0.4) is 0 Å². The predicted molar refractivity (Wildman–Crippen MR) is 158 cm³/mol. The fourth-order valence-corrected chi connectivity index (χ4v) is 6.42. The first-order chi connectivity index (χ1) is 19.6. The van der Waals surface area contributed by atoms with Crippen LogP contribution in [0.25, 0.3) is 44.0 Å². The molecule has 1 fully saturated rings. The summed E-state index contributed by atoms with van der Waals surface area (Å²) in [5, 5.41) is 14.8. The summed E-state index contributed by atoms with van der Waals surface area (Å²) in [6.45, 7) is 5.86. The molecule has 0 saturated carbocycles. The summed E-state index contributed by atoms with van der Waals surface area (Å²) < 4.78 is 42.4. The van der Waals surface area contributed by atoms with Crippen molar-refractivity contribution in [2.24, 2.45) is 5.92 Å². The zero-order valence-corrected chi connectivity index (χ0v) is 23.5. The minimum atomic E-state index is -5.18. The Morgan fingerprint density at radius 1 is 1.10 bits per heavy atom. The van der Waals surface area contributed by atoms with E-state index in [0.29, 0.717) is 34.0 Å². The average Bonchev–Trinajstić information content (AvgIpc) is 3.31. The third-order valence-electron chi connectivity index (χ3n) is 7.74. The Morgan fingerprint density at radius 2 is 1.88 bits per heavy atom. The van der Waals surface area contributed by atoms with Crippen molar-refractivity contribution < 1.29 is 16.5 Å². The first kappa shape index (κ1) is 27.0. The van der Waals surface area contributed by atoms with E-state index in [4.69, 9.17) is 0 Å². The zero-order valence-electron chi connectivity index (χ0n) is 22.7. The number of pyridine rings is 1. The number of nitrogens with zero attached hydrogens (tertiary/aromatic N) is 2. The molecule has 0 atom stereocenters. The second-order valence-corrected chi connectivity index (χ2v) is 12.0. The normalized spacial score (nSPS) is 14.7. The van der Waals surface area contributed by atoms with Crippen LogP contribution in [-0.2, 0) is 16.9 Å². The molecule has 0 aliphatic carbocycles. The summed E-state index contributed by atoms with van der Waals surface area (Å²) in [7, 11) is -5.18. The highest BCUT2D eigenvalue weighted by Crippen LogP contribution is 2.37.